The molecular formula is C16H23NO2. The Morgan fingerprint density at radius 2 is 2.00 bits per heavy atom. The zero-order valence-corrected chi connectivity index (χ0v) is 12.0. The van der Waals surface area contributed by atoms with Gasteiger partial charge in [-0.2, -0.15) is 0 Å². The van der Waals surface area contributed by atoms with E-state index in [-0.39, 0.29) is 12.1 Å². The molecule has 0 spiro atoms. The molecule has 3 heteroatoms. The van der Waals surface area contributed by atoms with E-state index >= 15 is 0 Å². The minimum absolute atomic E-state index is 0.0596. The van der Waals surface area contributed by atoms with Crippen molar-refractivity contribution in [2.45, 2.75) is 46.1 Å². The summed E-state index contributed by atoms with van der Waals surface area (Å²) in [5.41, 5.74) is 0.593. The third-order valence-corrected chi connectivity index (χ3v) is 4.14. The quantitative estimate of drug-likeness (QED) is 0.779. The number of carbonyl (C=O) groups is 1. The first-order chi connectivity index (χ1) is 9.08. The van der Waals surface area contributed by atoms with E-state index in [0.29, 0.717) is 23.3 Å². The summed E-state index contributed by atoms with van der Waals surface area (Å²) in [6, 6.07) is 3.41. The Morgan fingerprint density at radius 3 is 2.63 bits per heavy atom. The maximum atomic E-state index is 12.1. The van der Waals surface area contributed by atoms with Gasteiger partial charge in [0.25, 0.3) is 0 Å². The largest absolute Gasteiger partial charge is 0.458 e. The number of ether oxygens (including phenoxy) is 1. The average molecular weight is 261 g/mol. The summed E-state index contributed by atoms with van der Waals surface area (Å²) in [6.45, 7) is 6.67. The van der Waals surface area contributed by atoms with Gasteiger partial charge in [0.1, 0.15) is 6.10 Å². The van der Waals surface area contributed by atoms with Crippen LogP contribution in [0.5, 0.6) is 0 Å². The second-order valence-corrected chi connectivity index (χ2v) is 6.01. The lowest BCUT2D eigenvalue weighted by molar-refractivity contribution is -0.0174. The Labute approximate surface area is 115 Å². The summed E-state index contributed by atoms with van der Waals surface area (Å²) in [7, 11) is 0. The summed E-state index contributed by atoms with van der Waals surface area (Å²) in [4.78, 5) is 16.1. The number of carbonyl (C=O) groups excluding carboxylic acids is 1. The summed E-state index contributed by atoms with van der Waals surface area (Å²) < 4.78 is 5.76. The van der Waals surface area contributed by atoms with Crippen molar-refractivity contribution in [1.82, 2.24) is 4.98 Å². The molecule has 0 amide bonds. The van der Waals surface area contributed by atoms with Gasteiger partial charge < -0.3 is 4.74 Å². The third-order valence-electron chi connectivity index (χ3n) is 4.14. The van der Waals surface area contributed by atoms with Crippen LogP contribution >= 0.6 is 0 Å². The van der Waals surface area contributed by atoms with Crippen LogP contribution in [-0.2, 0) is 4.74 Å². The number of hydrogen-bond acceptors (Lipinski definition) is 3. The van der Waals surface area contributed by atoms with Crippen LogP contribution in [-0.4, -0.2) is 17.1 Å². The zero-order chi connectivity index (χ0) is 13.8. The van der Waals surface area contributed by atoms with Crippen LogP contribution in [0.1, 0.15) is 50.4 Å². The van der Waals surface area contributed by atoms with Gasteiger partial charge >= 0.3 is 5.97 Å². The van der Waals surface area contributed by atoms with Gasteiger partial charge in [0.15, 0.2) is 0 Å². The molecule has 0 aliphatic heterocycles. The molecule has 0 bridgehead atoms. The highest BCUT2D eigenvalue weighted by Gasteiger charge is 2.33. The highest BCUT2D eigenvalue weighted by Crippen LogP contribution is 2.35. The second kappa shape index (κ2) is 6.18. The molecule has 0 unspecified atom stereocenters. The number of esters is 1. The average Bonchev–Trinajstić information content (AvgIpc) is 2.39. The molecule has 1 fully saturated rings. The molecule has 0 N–H and O–H groups in total. The van der Waals surface area contributed by atoms with Crippen molar-refractivity contribution >= 4 is 5.97 Å². The van der Waals surface area contributed by atoms with Gasteiger partial charge in [-0.25, -0.2) is 4.79 Å². The zero-order valence-electron chi connectivity index (χ0n) is 12.0. The lowest BCUT2D eigenvalue weighted by Crippen LogP contribution is -2.35. The normalized spacial score (nSPS) is 27.3. The van der Waals surface area contributed by atoms with Gasteiger partial charge in [0, 0.05) is 12.4 Å². The Hall–Kier alpha value is -1.38. The summed E-state index contributed by atoms with van der Waals surface area (Å²) in [6.07, 6.45) is 6.70. The predicted molar refractivity (Wildman–Crippen MR) is 74.8 cm³/mol. The van der Waals surface area contributed by atoms with Crippen LogP contribution < -0.4 is 0 Å². The van der Waals surface area contributed by atoms with E-state index in [9.17, 15) is 4.79 Å². The second-order valence-electron chi connectivity index (χ2n) is 6.01. The van der Waals surface area contributed by atoms with Crippen molar-refractivity contribution in [2.24, 2.45) is 17.8 Å². The third kappa shape index (κ3) is 3.55. The fraction of sp³-hybridized carbons (Fsp3) is 0.625. The molecule has 1 aliphatic carbocycles. The van der Waals surface area contributed by atoms with E-state index in [0.717, 1.165) is 12.8 Å². The molecule has 1 aromatic heterocycles. The SMILES string of the molecule is CC(C)[C@@H]1CC[C@@H](C)C[C@H]1OC(=O)c1ccncc1. The van der Waals surface area contributed by atoms with Gasteiger partial charge in [0.05, 0.1) is 5.56 Å². The maximum Gasteiger partial charge on any atom is 0.338 e. The molecule has 0 radical (unpaired) electrons. The van der Waals surface area contributed by atoms with Crippen molar-refractivity contribution < 1.29 is 9.53 Å². The maximum absolute atomic E-state index is 12.1. The highest BCUT2D eigenvalue weighted by atomic mass is 16.5. The van der Waals surface area contributed by atoms with Gasteiger partial charge in [-0.1, -0.05) is 27.2 Å². The summed E-state index contributed by atoms with van der Waals surface area (Å²) in [5, 5.41) is 0. The van der Waals surface area contributed by atoms with Gasteiger partial charge in [-0.3, -0.25) is 4.98 Å². The number of rotatable bonds is 3. The smallest absolute Gasteiger partial charge is 0.338 e. The van der Waals surface area contributed by atoms with Gasteiger partial charge in [-0.05, 0) is 42.7 Å². The first-order valence-electron chi connectivity index (χ1n) is 7.19. The van der Waals surface area contributed by atoms with Crippen LogP contribution in [0.4, 0.5) is 0 Å². The molecule has 0 aromatic carbocycles. The Kier molecular flexibility index (Phi) is 4.56. The van der Waals surface area contributed by atoms with Crippen LogP contribution in [0, 0.1) is 17.8 Å². The first kappa shape index (κ1) is 14.0. The molecule has 1 aliphatic rings. The molecule has 104 valence electrons. The minimum Gasteiger partial charge on any atom is -0.458 e. The number of nitrogens with zero attached hydrogens (tertiary/aromatic N) is 1. The molecule has 1 heterocycles. The molecular weight excluding hydrogens is 238 g/mol. The van der Waals surface area contributed by atoms with Crippen molar-refractivity contribution in [3.05, 3.63) is 30.1 Å². The van der Waals surface area contributed by atoms with E-state index in [1.165, 1.54) is 6.42 Å². The van der Waals surface area contributed by atoms with Crippen molar-refractivity contribution in [3.63, 3.8) is 0 Å². The molecule has 3 atom stereocenters. The lowest BCUT2D eigenvalue weighted by Gasteiger charge is -2.36. The molecule has 1 aromatic rings. The van der Waals surface area contributed by atoms with Crippen LogP contribution in [0.2, 0.25) is 0 Å². The van der Waals surface area contributed by atoms with Crippen LogP contribution in [0.3, 0.4) is 0 Å². The molecule has 3 nitrogen and oxygen atoms in total. The van der Waals surface area contributed by atoms with Gasteiger partial charge in [-0.15, -0.1) is 0 Å². The van der Waals surface area contributed by atoms with E-state index in [1.54, 1.807) is 24.5 Å². The molecule has 0 saturated heterocycles. The van der Waals surface area contributed by atoms with Crippen molar-refractivity contribution in [2.75, 3.05) is 0 Å². The van der Waals surface area contributed by atoms with E-state index in [2.05, 4.69) is 25.8 Å². The molecule has 1 saturated carbocycles. The number of pyridine rings is 1. The topological polar surface area (TPSA) is 39.2 Å². The first-order valence-corrected chi connectivity index (χ1v) is 7.19. The standard InChI is InChI=1S/C16H23NO2/c1-11(2)14-5-4-12(3)10-15(14)19-16(18)13-6-8-17-9-7-13/h6-9,11-12,14-15H,4-5,10H2,1-3H3/t12-,14+,15-/m1/s1. The molecule has 2 rings (SSSR count). The monoisotopic (exact) mass is 261 g/mol. The Bertz CT molecular complexity index is 416. The fourth-order valence-corrected chi connectivity index (χ4v) is 2.94. The van der Waals surface area contributed by atoms with Crippen molar-refractivity contribution in [3.8, 4) is 0 Å². The van der Waals surface area contributed by atoms with Gasteiger partial charge in [0.2, 0.25) is 0 Å². The predicted octanol–water partition coefficient (Wildman–Crippen LogP) is 3.70. The van der Waals surface area contributed by atoms with E-state index < -0.39 is 0 Å². The Balaban J connectivity index is 2.04. The van der Waals surface area contributed by atoms with Crippen LogP contribution in [0.25, 0.3) is 0 Å². The fourth-order valence-electron chi connectivity index (χ4n) is 2.94. The Morgan fingerprint density at radius 1 is 1.32 bits per heavy atom. The summed E-state index contributed by atoms with van der Waals surface area (Å²) in [5.74, 6) is 1.47. The molecule has 19 heavy (non-hydrogen) atoms. The van der Waals surface area contributed by atoms with E-state index in [1.807, 2.05) is 0 Å². The van der Waals surface area contributed by atoms with Crippen molar-refractivity contribution in [1.29, 1.82) is 0 Å². The summed E-state index contributed by atoms with van der Waals surface area (Å²) >= 11 is 0. The highest BCUT2D eigenvalue weighted by molar-refractivity contribution is 5.89. The lowest BCUT2D eigenvalue weighted by atomic mass is 9.75. The number of aromatic nitrogens is 1. The van der Waals surface area contributed by atoms with E-state index in [4.69, 9.17) is 4.74 Å². The minimum atomic E-state index is -0.216. The van der Waals surface area contributed by atoms with Crippen LogP contribution in [0.15, 0.2) is 24.5 Å². The number of hydrogen-bond donors (Lipinski definition) is 0.